The molecule has 0 amide bonds. The van der Waals surface area contributed by atoms with Crippen LogP contribution in [-0.4, -0.2) is 29.4 Å². The van der Waals surface area contributed by atoms with Crippen LogP contribution in [0.15, 0.2) is 72.0 Å². The predicted molar refractivity (Wildman–Crippen MR) is 114 cm³/mol. The number of aromatic nitrogens is 1. The minimum Gasteiger partial charge on any atom is -0.497 e. The molecule has 0 saturated carbocycles. The van der Waals surface area contributed by atoms with Crippen LogP contribution < -0.4 is 14.2 Å². The molecule has 0 saturated heterocycles. The Labute approximate surface area is 175 Å². The van der Waals surface area contributed by atoms with Gasteiger partial charge in [0.2, 0.25) is 6.23 Å². The van der Waals surface area contributed by atoms with E-state index in [0.29, 0.717) is 6.61 Å². The normalized spacial score (nSPS) is 19.4. The SMILES string of the molecule is CCOc1cccc2c1O[C@H](c1ccccn1)N1N=C(c3ccc(OC)cc3)C[C@@H]21. The smallest absolute Gasteiger partial charge is 0.230 e. The number of ether oxygens (including phenoxy) is 3. The maximum Gasteiger partial charge on any atom is 0.230 e. The average molecular weight is 401 g/mol. The summed E-state index contributed by atoms with van der Waals surface area (Å²) < 4.78 is 17.6. The van der Waals surface area contributed by atoms with Crippen LogP contribution in [0.1, 0.15) is 42.4 Å². The Kier molecular flexibility index (Phi) is 4.75. The van der Waals surface area contributed by atoms with Crippen molar-refractivity contribution in [2.75, 3.05) is 13.7 Å². The number of nitrogens with zero attached hydrogens (tertiary/aromatic N) is 3. The molecule has 2 aliphatic heterocycles. The van der Waals surface area contributed by atoms with Crippen molar-refractivity contribution in [1.29, 1.82) is 0 Å². The summed E-state index contributed by atoms with van der Waals surface area (Å²) in [7, 11) is 1.67. The van der Waals surface area contributed by atoms with E-state index >= 15 is 0 Å². The van der Waals surface area contributed by atoms with Crippen molar-refractivity contribution in [1.82, 2.24) is 9.99 Å². The summed E-state index contributed by atoms with van der Waals surface area (Å²) in [5.74, 6) is 2.37. The van der Waals surface area contributed by atoms with Gasteiger partial charge in [-0.05, 0) is 55.0 Å². The van der Waals surface area contributed by atoms with Gasteiger partial charge in [-0.3, -0.25) is 4.98 Å². The fraction of sp³-hybridized carbons (Fsp3) is 0.250. The van der Waals surface area contributed by atoms with Crippen LogP contribution in [0.25, 0.3) is 0 Å². The van der Waals surface area contributed by atoms with Gasteiger partial charge in [0.1, 0.15) is 11.4 Å². The summed E-state index contributed by atoms with van der Waals surface area (Å²) in [5.41, 5.74) is 3.99. The van der Waals surface area contributed by atoms with Crippen LogP contribution in [0.3, 0.4) is 0 Å². The van der Waals surface area contributed by atoms with Crippen LogP contribution in [0.5, 0.6) is 17.2 Å². The second kappa shape index (κ2) is 7.71. The van der Waals surface area contributed by atoms with Crippen LogP contribution >= 0.6 is 0 Å². The molecule has 2 aromatic carbocycles. The summed E-state index contributed by atoms with van der Waals surface area (Å²) >= 11 is 0. The summed E-state index contributed by atoms with van der Waals surface area (Å²) in [5, 5.41) is 7.00. The van der Waals surface area contributed by atoms with E-state index in [1.165, 1.54) is 0 Å². The van der Waals surface area contributed by atoms with Crippen LogP contribution in [0.4, 0.5) is 0 Å². The molecule has 6 nitrogen and oxygen atoms in total. The first-order valence-corrected chi connectivity index (χ1v) is 10.1. The molecule has 3 heterocycles. The third-order valence-corrected chi connectivity index (χ3v) is 5.44. The lowest BCUT2D eigenvalue weighted by Gasteiger charge is -2.38. The van der Waals surface area contributed by atoms with Crippen molar-refractivity contribution < 1.29 is 14.2 Å². The molecule has 152 valence electrons. The summed E-state index contributed by atoms with van der Waals surface area (Å²) in [6.45, 7) is 2.56. The Hall–Kier alpha value is -3.54. The van der Waals surface area contributed by atoms with Gasteiger partial charge in [-0.1, -0.05) is 18.2 Å². The summed E-state index contributed by atoms with van der Waals surface area (Å²) in [4.78, 5) is 4.54. The van der Waals surface area contributed by atoms with Gasteiger partial charge >= 0.3 is 0 Å². The van der Waals surface area contributed by atoms with Crippen LogP contribution in [-0.2, 0) is 0 Å². The highest BCUT2D eigenvalue weighted by Gasteiger charge is 2.42. The van der Waals surface area contributed by atoms with Crippen molar-refractivity contribution in [3.8, 4) is 17.2 Å². The number of rotatable bonds is 5. The fourth-order valence-corrected chi connectivity index (χ4v) is 4.03. The standard InChI is InChI=1S/C24H23N3O3/c1-3-29-22-9-6-7-18-21-15-20(16-10-12-17(28-2)13-11-16)26-27(21)24(30-23(18)22)19-8-4-5-14-25-19/h4-14,21,24H,3,15H2,1-2H3/t21-,24+/m0/s1. The van der Waals surface area contributed by atoms with E-state index < -0.39 is 6.23 Å². The number of benzene rings is 2. The first kappa shape index (κ1) is 18.5. The highest BCUT2D eigenvalue weighted by molar-refractivity contribution is 6.02. The lowest BCUT2D eigenvalue weighted by molar-refractivity contribution is -0.0240. The zero-order chi connectivity index (χ0) is 20.5. The number of hydrazone groups is 1. The molecule has 6 heteroatoms. The summed E-state index contributed by atoms with van der Waals surface area (Å²) in [6.07, 6.45) is 2.14. The van der Waals surface area contributed by atoms with Gasteiger partial charge in [-0.15, -0.1) is 0 Å². The maximum atomic E-state index is 6.45. The lowest BCUT2D eigenvalue weighted by Crippen LogP contribution is -2.34. The van der Waals surface area contributed by atoms with Crippen molar-refractivity contribution >= 4 is 5.71 Å². The topological polar surface area (TPSA) is 56.2 Å². The Bertz CT molecular complexity index is 1070. The van der Waals surface area contributed by atoms with Gasteiger partial charge in [0.25, 0.3) is 0 Å². The van der Waals surface area contributed by atoms with Crippen molar-refractivity contribution in [2.24, 2.45) is 5.10 Å². The number of methoxy groups -OCH3 is 1. The Morgan fingerprint density at radius 2 is 1.93 bits per heavy atom. The molecule has 0 spiro atoms. The third-order valence-electron chi connectivity index (χ3n) is 5.44. The average Bonchev–Trinajstić information content (AvgIpc) is 3.25. The van der Waals surface area contributed by atoms with Crippen LogP contribution in [0, 0.1) is 0 Å². The van der Waals surface area contributed by atoms with Crippen molar-refractivity contribution in [3.63, 3.8) is 0 Å². The van der Waals surface area contributed by atoms with E-state index in [-0.39, 0.29) is 6.04 Å². The van der Waals surface area contributed by atoms with Crippen LogP contribution in [0.2, 0.25) is 0 Å². The van der Waals surface area contributed by atoms with Gasteiger partial charge in [-0.2, -0.15) is 5.10 Å². The highest BCUT2D eigenvalue weighted by atomic mass is 16.5. The van der Waals surface area contributed by atoms with E-state index in [4.69, 9.17) is 19.3 Å². The minimum absolute atomic E-state index is 0.0539. The monoisotopic (exact) mass is 401 g/mol. The van der Waals surface area contributed by atoms with E-state index in [9.17, 15) is 0 Å². The number of hydrogen-bond donors (Lipinski definition) is 0. The van der Waals surface area contributed by atoms with Gasteiger partial charge in [0.05, 0.1) is 25.5 Å². The van der Waals surface area contributed by atoms with Crippen molar-refractivity contribution in [2.45, 2.75) is 25.6 Å². The van der Waals surface area contributed by atoms with Gasteiger partial charge in [-0.25, -0.2) is 5.01 Å². The fourth-order valence-electron chi connectivity index (χ4n) is 4.03. The molecular formula is C24H23N3O3. The van der Waals surface area contributed by atoms with E-state index in [0.717, 1.165) is 46.2 Å². The lowest BCUT2D eigenvalue weighted by atomic mass is 9.96. The number of fused-ring (bicyclic) bond motifs is 3. The van der Waals surface area contributed by atoms with Crippen molar-refractivity contribution in [3.05, 3.63) is 83.7 Å². The van der Waals surface area contributed by atoms with Gasteiger partial charge in [0.15, 0.2) is 11.5 Å². The predicted octanol–water partition coefficient (Wildman–Crippen LogP) is 4.73. The molecule has 0 fully saturated rings. The Morgan fingerprint density at radius 1 is 1.07 bits per heavy atom. The molecule has 0 unspecified atom stereocenters. The second-order valence-corrected chi connectivity index (χ2v) is 7.21. The highest BCUT2D eigenvalue weighted by Crippen LogP contribution is 2.50. The molecule has 3 aromatic rings. The zero-order valence-corrected chi connectivity index (χ0v) is 17.0. The molecule has 30 heavy (non-hydrogen) atoms. The largest absolute Gasteiger partial charge is 0.497 e. The molecule has 0 radical (unpaired) electrons. The Balaban J connectivity index is 1.58. The first-order chi connectivity index (χ1) is 14.8. The molecule has 1 aromatic heterocycles. The molecular weight excluding hydrogens is 378 g/mol. The third kappa shape index (κ3) is 3.14. The molecule has 2 aliphatic rings. The maximum absolute atomic E-state index is 6.45. The molecule has 0 aliphatic carbocycles. The number of pyridine rings is 1. The van der Waals surface area contributed by atoms with Gasteiger partial charge < -0.3 is 14.2 Å². The molecule has 0 bridgehead atoms. The second-order valence-electron chi connectivity index (χ2n) is 7.21. The summed E-state index contributed by atoms with van der Waals surface area (Å²) in [6, 6.07) is 20.0. The Morgan fingerprint density at radius 3 is 2.67 bits per heavy atom. The van der Waals surface area contributed by atoms with Gasteiger partial charge in [0, 0.05) is 18.2 Å². The molecule has 5 rings (SSSR count). The number of para-hydroxylation sites is 1. The zero-order valence-electron chi connectivity index (χ0n) is 17.0. The van der Waals surface area contributed by atoms with E-state index in [2.05, 4.69) is 11.1 Å². The first-order valence-electron chi connectivity index (χ1n) is 10.1. The molecule has 0 N–H and O–H groups in total. The minimum atomic E-state index is -0.416. The number of hydrogen-bond acceptors (Lipinski definition) is 6. The van der Waals surface area contributed by atoms with E-state index in [1.54, 1.807) is 13.3 Å². The quantitative estimate of drug-likeness (QED) is 0.619. The molecule has 2 atom stereocenters. The van der Waals surface area contributed by atoms with E-state index in [1.807, 2.05) is 66.5 Å².